The van der Waals surface area contributed by atoms with E-state index in [-0.39, 0.29) is 0 Å². The van der Waals surface area contributed by atoms with Gasteiger partial charge in [-0.05, 0) is 7.05 Å². The minimum Gasteiger partial charge on any atom is -0.303 e. The zero-order valence-electron chi connectivity index (χ0n) is 5.75. The largest absolute Gasteiger partial charge is 0.303 e. The number of piperazine rings is 1. The highest BCUT2D eigenvalue weighted by Gasteiger charge is 2.09. The van der Waals surface area contributed by atoms with Gasteiger partial charge < -0.3 is 4.90 Å². The number of nitrogens with zero attached hydrogens (tertiary/aromatic N) is 3. The number of rotatable bonds is 1. The minimum atomic E-state index is 0.965. The summed E-state index contributed by atoms with van der Waals surface area (Å²) in [5.74, 6) is 0. The summed E-state index contributed by atoms with van der Waals surface area (Å²) < 4.78 is 0. The Balaban J connectivity index is 2.26. The summed E-state index contributed by atoms with van der Waals surface area (Å²) in [6.07, 6.45) is 0. The summed E-state index contributed by atoms with van der Waals surface area (Å²) >= 11 is 0. The molecule has 3 heteroatoms. The lowest BCUT2D eigenvalue weighted by Gasteiger charge is -2.29. The first-order valence-electron chi connectivity index (χ1n) is 3.17. The van der Waals surface area contributed by atoms with Crippen molar-refractivity contribution < 1.29 is 0 Å². The molecule has 0 N–H and O–H groups in total. The minimum absolute atomic E-state index is 0.965. The lowest BCUT2D eigenvalue weighted by atomic mass is 10.4. The molecule has 1 aliphatic rings. The molecule has 0 amide bonds. The molecule has 3 nitrogen and oxygen atoms in total. The molecule has 1 aliphatic heterocycles. The highest BCUT2D eigenvalue weighted by Crippen LogP contribution is 1.97. The van der Waals surface area contributed by atoms with E-state index >= 15 is 0 Å². The van der Waals surface area contributed by atoms with Crippen molar-refractivity contribution in [3.63, 3.8) is 0 Å². The van der Waals surface area contributed by atoms with Gasteiger partial charge in [0.05, 0.1) is 6.72 Å². The van der Waals surface area contributed by atoms with E-state index in [1.165, 1.54) is 0 Å². The Morgan fingerprint density at radius 2 is 1.78 bits per heavy atom. The van der Waals surface area contributed by atoms with Crippen LogP contribution >= 0.6 is 0 Å². The highest BCUT2D eigenvalue weighted by atomic mass is 15.5. The van der Waals surface area contributed by atoms with Crippen LogP contribution < -0.4 is 0 Å². The Morgan fingerprint density at radius 3 is 2.22 bits per heavy atom. The van der Waals surface area contributed by atoms with Gasteiger partial charge in [0.15, 0.2) is 0 Å². The smallest absolute Gasteiger partial charge is 0.0671 e. The molecule has 0 spiro atoms. The third-order valence-corrected chi connectivity index (χ3v) is 1.64. The molecule has 0 bridgehead atoms. The molecule has 9 heavy (non-hydrogen) atoms. The van der Waals surface area contributed by atoms with E-state index in [4.69, 9.17) is 6.72 Å². The van der Waals surface area contributed by atoms with E-state index < -0.39 is 0 Å². The Kier molecular flexibility index (Phi) is 2.05. The topological polar surface area (TPSA) is 18.8 Å². The van der Waals surface area contributed by atoms with Crippen LogP contribution in [0.15, 0.2) is 5.10 Å². The SMILES string of the molecule is [CH]=NN1CCN(C)CC1. The van der Waals surface area contributed by atoms with Gasteiger partial charge in [-0.3, -0.25) is 5.01 Å². The van der Waals surface area contributed by atoms with E-state index in [9.17, 15) is 0 Å². The fourth-order valence-corrected chi connectivity index (χ4v) is 0.911. The standard InChI is InChI=1S/C6H12N3/c1-7-9-5-3-8(2)4-6-9/h1H,3-6H2,2H3. The molecule has 1 heterocycles. The maximum absolute atomic E-state index is 5.08. The van der Waals surface area contributed by atoms with Crippen molar-refractivity contribution in [2.24, 2.45) is 5.10 Å². The van der Waals surface area contributed by atoms with E-state index in [1.807, 2.05) is 5.01 Å². The van der Waals surface area contributed by atoms with Crippen LogP contribution in [0.25, 0.3) is 0 Å². The maximum Gasteiger partial charge on any atom is 0.0671 e. The average Bonchev–Trinajstić information content (AvgIpc) is 1.90. The van der Waals surface area contributed by atoms with Gasteiger partial charge >= 0.3 is 0 Å². The van der Waals surface area contributed by atoms with E-state index in [1.54, 1.807) is 0 Å². The van der Waals surface area contributed by atoms with Gasteiger partial charge in [-0.1, -0.05) is 0 Å². The van der Waals surface area contributed by atoms with Crippen LogP contribution in [0.1, 0.15) is 0 Å². The third kappa shape index (κ3) is 1.68. The first kappa shape index (κ1) is 6.55. The molecule has 0 aliphatic carbocycles. The Labute approximate surface area is 55.9 Å². The molecular weight excluding hydrogens is 114 g/mol. The molecule has 0 aromatic heterocycles. The number of hydrazone groups is 1. The summed E-state index contributed by atoms with van der Waals surface area (Å²) in [4.78, 5) is 2.27. The summed E-state index contributed by atoms with van der Waals surface area (Å²) in [6, 6.07) is 0. The molecule has 0 aromatic carbocycles. The quantitative estimate of drug-likeness (QED) is 0.450. The predicted molar refractivity (Wildman–Crippen MR) is 37.6 cm³/mol. The zero-order chi connectivity index (χ0) is 6.69. The van der Waals surface area contributed by atoms with Crippen LogP contribution in [0.5, 0.6) is 0 Å². The van der Waals surface area contributed by atoms with Crippen LogP contribution in [-0.2, 0) is 0 Å². The molecule has 1 saturated heterocycles. The molecule has 0 unspecified atom stereocenters. The van der Waals surface area contributed by atoms with Crippen molar-refractivity contribution in [2.45, 2.75) is 0 Å². The van der Waals surface area contributed by atoms with Crippen molar-refractivity contribution >= 4 is 6.72 Å². The molecule has 1 rings (SSSR count). The molecule has 1 fully saturated rings. The molecule has 0 aromatic rings. The van der Waals surface area contributed by atoms with Crippen molar-refractivity contribution in [2.75, 3.05) is 33.2 Å². The second kappa shape index (κ2) is 2.82. The van der Waals surface area contributed by atoms with Crippen molar-refractivity contribution in [3.05, 3.63) is 0 Å². The van der Waals surface area contributed by atoms with Gasteiger partial charge in [0.1, 0.15) is 0 Å². The average molecular weight is 126 g/mol. The van der Waals surface area contributed by atoms with E-state index in [2.05, 4.69) is 17.0 Å². The third-order valence-electron chi connectivity index (χ3n) is 1.64. The first-order valence-corrected chi connectivity index (χ1v) is 3.17. The van der Waals surface area contributed by atoms with Gasteiger partial charge in [0, 0.05) is 26.2 Å². The predicted octanol–water partition coefficient (Wildman–Crippen LogP) is -0.274. The summed E-state index contributed by atoms with van der Waals surface area (Å²) in [5, 5.41) is 5.48. The molecule has 0 saturated carbocycles. The Morgan fingerprint density at radius 1 is 1.22 bits per heavy atom. The second-order valence-corrected chi connectivity index (χ2v) is 2.37. The van der Waals surface area contributed by atoms with Crippen molar-refractivity contribution in [1.29, 1.82) is 0 Å². The normalized spacial score (nSPS) is 22.1. The monoisotopic (exact) mass is 126 g/mol. The Hall–Kier alpha value is -0.570. The summed E-state index contributed by atoms with van der Waals surface area (Å²) in [7, 11) is 2.11. The van der Waals surface area contributed by atoms with Gasteiger partial charge in [-0.15, -0.1) is 0 Å². The van der Waals surface area contributed by atoms with Crippen LogP contribution in [0.2, 0.25) is 0 Å². The molecular formula is C6H12N3. The molecule has 0 atom stereocenters. The summed E-state index contributed by atoms with van der Waals surface area (Å²) in [5.41, 5.74) is 0. The molecule has 1 radical (unpaired) electrons. The fourth-order valence-electron chi connectivity index (χ4n) is 0.911. The lowest BCUT2D eigenvalue weighted by Crippen LogP contribution is -2.41. The first-order chi connectivity index (χ1) is 4.33. The van der Waals surface area contributed by atoms with Crippen molar-refractivity contribution in [1.82, 2.24) is 9.91 Å². The van der Waals surface area contributed by atoms with Gasteiger partial charge in [-0.25, -0.2) is 0 Å². The van der Waals surface area contributed by atoms with Crippen LogP contribution in [0.3, 0.4) is 0 Å². The Bertz CT molecular complexity index is 94.5. The van der Waals surface area contributed by atoms with E-state index in [0.29, 0.717) is 0 Å². The lowest BCUT2D eigenvalue weighted by molar-refractivity contribution is 0.160. The maximum atomic E-state index is 5.08. The number of hydrogen-bond donors (Lipinski definition) is 0. The summed E-state index contributed by atoms with van der Waals surface area (Å²) in [6.45, 7) is 9.15. The van der Waals surface area contributed by atoms with Crippen molar-refractivity contribution in [3.8, 4) is 0 Å². The van der Waals surface area contributed by atoms with Gasteiger partial charge in [0.2, 0.25) is 0 Å². The second-order valence-electron chi connectivity index (χ2n) is 2.37. The molecule has 51 valence electrons. The van der Waals surface area contributed by atoms with Crippen LogP contribution in [0.4, 0.5) is 0 Å². The van der Waals surface area contributed by atoms with Gasteiger partial charge in [0.25, 0.3) is 0 Å². The van der Waals surface area contributed by atoms with Gasteiger partial charge in [-0.2, -0.15) is 5.10 Å². The fraction of sp³-hybridized carbons (Fsp3) is 0.833. The van der Waals surface area contributed by atoms with Crippen LogP contribution in [-0.4, -0.2) is 49.9 Å². The van der Waals surface area contributed by atoms with E-state index in [0.717, 1.165) is 26.2 Å². The zero-order valence-corrected chi connectivity index (χ0v) is 5.75. The highest BCUT2D eigenvalue weighted by molar-refractivity contribution is 5.22. The number of hydrogen-bond acceptors (Lipinski definition) is 3. The van der Waals surface area contributed by atoms with Crippen LogP contribution in [0, 0.1) is 0 Å². The number of likely N-dealkylation sites (N-methyl/N-ethyl adjacent to an activating group) is 1.